The number of rotatable bonds is 2. The van der Waals surface area contributed by atoms with Crippen LogP contribution < -0.4 is 0 Å². The minimum absolute atomic E-state index is 0.128. The summed E-state index contributed by atoms with van der Waals surface area (Å²) < 4.78 is 0. The van der Waals surface area contributed by atoms with Gasteiger partial charge >= 0.3 is 5.97 Å². The first-order valence-electron chi connectivity index (χ1n) is 4.74. The van der Waals surface area contributed by atoms with Crippen molar-refractivity contribution < 1.29 is 15.0 Å². The number of hydrogen-bond donors (Lipinski definition) is 2. The quantitative estimate of drug-likeness (QED) is 0.638. The zero-order valence-corrected chi connectivity index (χ0v) is 7.65. The maximum absolute atomic E-state index is 10.7. The molecule has 2 unspecified atom stereocenters. The van der Waals surface area contributed by atoms with E-state index in [2.05, 4.69) is 0 Å². The highest BCUT2D eigenvalue weighted by Gasteiger charge is 2.19. The van der Waals surface area contributed by atoms with Gasteiger partial charge in [-0.25, -0.2) is 0 Å². The molecule has 0 aliphatic heterocycles. The van der Waals surface area contributed by atoms with Crippen LogP contribution in [0.15, 0.2) is 12.2 Å². The van der Waals surface area contributed by atoms with Crippen molar-refractivity contribution in [3.05, 3.63) is 12.2 Å². The molecule has 0 fully saturated rings. The molecular formula is C10H16O3. The highest BCUT2D eigenvalue weighted by Crippen LogP contribution is 2.21. The van der Waals surface area contributed by atoms with Crippen molar-refractivity contribution in [1.82, 2.24) is 0 Å². The van der Waals surface area contributed by atoms with Gasteiger partial charge in [0.05, 0.1) is 5.92 Å². The lowest BCUT2D eigenvalue weighted by Gasteiger charge is -2.17. The number of aliphatic carboxylic acids is 1. The average Bonchev–Trinajstić information content (AvgIpc) is 2.03. The Bertz CT molecular complexity index is 198. The smallest absolute Gasteiger partial charge is 0.306 e. The van der Waals surface area contributed by atoms with Gasteiger partial charge in [0, 0.05) is 6.61 Å². The van der Waals surface area contributed by atoms with Gasteiger partial charge in [0.1, 0.15) is 0 Å². The minimum atomic E-state index is -0.702. The summed E-state index contributed by atoms with van der Waals surface area (Å²) in [6.45, 7) is 0.128. The van der Waals surface area contributed by atoms with Gasteiger partial charge in [-0.15, -0.1) is 0 Å². The largest absolute Gasteiger partial charge is 0.481 e. The molecule has 0 heterocycles. The summed E-state index contributed by atoms with van der Waals surface area (Å²) in [7, 11) is 0. The second-order valence-corrected chi connectivity index (χ2v) is 3.56. The fourth-order valence-corrected chi connectivity index (χ4v) is 1.64. The van der Waals surface area contributed by atoms with E-state index in [9.17, 15) is 4.79 Å². The summed E-state index contributed by atoms with van der Waals surface area (Å²) in [6, 6.07) is 0. The highest BCUT2D eigenvalue weighted by molar-refractivity contribution is 5.69. The molecule has 1 aliphatic rings. The standard InChI is InChI=1S/C10H16O3/c11-7-8-3-1-2-4-9(6-5-8)10(12)13/h1,3,8-9,11H,2,4-7H2,(H,12,13). The molecule has 0 amide bonds. The number of hydrogen-bond acceptors (Lipinski definition) is 2. The van der Waals surface area contributed by atoms with Crippen molar-refractivity contribution >= 4 is 5.97 Å². The van der Waals surface area contributed by atoms with Crippen molar-refractivity contribution in [2.75, 3.05) is 6.61 Å². The van der Waals surface area contributed by atoms with Gasteiger partial charge in [-0.05, 0) is 31.6 Å². The average molecular weight is 184 g/mol. The fourth-order valence-electron chi connectivity index (χ4n) is 1.64. The van der Waals surface area contributed by atoms with Crippen LogP contribution >= 0.6 is 0 Å². The molecule has 0 aromatic carbocycles. The molecule has 2 N–H and O–H groups in total. The number of carboxylic acids is 1. The van der Waals surface area contributed by atoms with Gasteiger partial charge in [-0.1, -0.05) is 12.2 Å². The molecule has 1 aliphatic carbocycles. The summed E-state index contributed by atoms with van der Waals surface area (Å²) >= 11 is 0. The Morgan fingerprint density at radius 2 is 2.15 bits per heavy atom. The molecule has 0 spiro atoms. The van der Waals surface area contributed by atoms with Crippen molar-refractivity contribution in [2.24, 2.45) is 11.8 Å². The molecule has 0 aromatic heterocycles. The van der Waals surface area contributed by atoms with E-state index in [1.165, 1.54) is 0 Å². The van der Waals surface area contributed by atoms with Gasteiger partial charge in [0.15, 0.2) is 0 Å². The van der Waals surface area contributed by atoms with Crippen molar-refractivity contribution in [3.8, 4) is 0 Å². The van der Waals surface area contributed by atoms with Crippen LogP contribution in [0, 0.1) is 11.8 Å². The Hall–Kier alpha value is -0.830. The topological polar surface area (TPSA) is 57.5 Å². The van der Waals surface area contributed by atoms with Crippen molar-refractivity contribution in [1.29, 1.82) is 0 Å². The molecule has 0 radical (unpaired) electrons. The van der Waals surface area contributed by atoms with Crippen molar-refractivity contribution in [2.45, 2.75) is 25.7 Å². The summed E-state index contributed by atoms with van der Waals surface area (Å²) in [5, 5.41) is 17.8. The van der Waals surface area contributed by atoms with Gasteiger partial charge in [-0.3, -0.25) is 4.79 Å². The lowest BCUT2D eigenvalue weighted by atomic mass is 9.90. The molecule has 74 valence electrons. The van der Waals surface area contributed by atoms with Crippen LogP contribution in [-0.4, -0.2) is 22.8 Å². The monoisotopic (exact) mass is 184 g/mol. The Morgan fingerprint density at radius 3 is 2.77 bits per heavy atom. The first-order valence-corrected chi connectivity index (χ1v) is 4.74. The van der Waals surface area contributed by atoms with E-state index in [0.29, 0.717) is 6.42 Å². The Kier molecular flexibility index (Phi) is 3.96. The third-order valence-electron chi connectivity index (χ3n) is 2.56. The molecule has 2 atom stereocenters. The third-order valence-corrected chi connectivity index (χ3v) is 2.56. The minimum Gasteiger partial charge on any atom is -0.481 e. The summed E-state index contributed by atoms with van der Waals surface area (Å²) in [5.41, 5.74) is 0. The first kappa shape index (κ1) is 10.3. The van der Waals surface area contributed by atoms with Crippen molar-refractivity contribution in [3.63, 3.8) is 0 Å². The Labute approximate surface area is 78.1 Å². The van der Waals surface area contributed by atoms with E-state index in [4.69, 9.17) is 10.2 Å². The van der Waals surface area contributed by atoms with Crippen LogP contribution in [0.3, 0.4) is 0 Å². The van der Waals surface area contributed by atoms with Gasteiger partial charge in [-0.2, -0.15) is 0 Å². The van der Waals surface area contributed by atoms with Crippen LogP contribution in [0.4, 0.5) is 0 Å². The number of carbonyl (C=O) groups is 1. The maximum Gasteiger partial charge on any atom is 0.306 e. The van der Waals surface area contributed by atoms with Gasteiger partial charge in [0.25, 0.3) is 0 Å². The second-order valence-electron chi connectivity index (χ2n) is 3.56. The summed E-state index contributed by atoms with van der Waals surface area (Å²) in [6.07, 6.45) is 6.99. The number of aliphatic hydroxyl groups excluding tert-OH is 1. The predicted molar refractivity (Wildman–Crippen MR) is 49.3 cm³/mol. The predicted octanol–water partition coefficient (Wildman–Crippen LogP) is 1.43. The number of allylic oxidation sites excluding steroid dienone is 1. The lowest BCUT2D eigenvalue weighted by Crippen LogP contribution is -2.17. The fraction of sp³-hybridized carbons (Fsp3) is 0.700. The summed E-state index contributed by atoms with van der Waals surface area (Å²) in [5.74, 6) is -0.770. The zero-order valence-electron chi connectivity index (χ0n) is 7.65. The van der Waals surface area contributed by atoms with Gasteiger partial charge < -0.3 is 10.2 Å². The van der Waals surface area contributed by atoms with Crippen LogP contribution in [-0.2, 0) is 4.79 Å². The Balaban J connectivity index is 2.50. The van der Waals surface area contributed by atoms with Crippen LogP contribution in [0.25, 0.3) is 0 Å². The number of carboxylic acid groups (broad SMARTS) is 1. The van der Waals surface area contributed by atoms with E-state index >= 15 is 0 Å². The van der Waals surface area contributed by atoms with E-state index in [1.54, 1.807) is 0 Å². The van der Waals surface area contributed by atoms with Crippen LogP contribution in [0.1, 0.15) is 25.7 Å². The van der Waals surface area contributed by atoms with E-state index < -0.39 is 5.97 Å². The molecule has 0 saturated carbocycles. The lowest BCUT2D eigenvalue weighted by molar-refractivity contribution is -0.142. The molecule has 1 rings (SSSR count). The van der Waals surface area contributed by atoms with Crippen LogP contribution in [0.5, 0.6) is 0 Å². The SMILES string of the molecule is O=C(O)C1CCC=CC(CO)CC1. The first-order chi connectivity index (χ1) is 6.24. The Morgan fingerprint density at radius 1 is 1.38 bits per heavy atom. The van der Waals surface area contributed by atoms with Gasteiger partial charge in [0.2, 0.25) is 0 Å². The zero-order chi connectivity index (χ0) is 9.68. The molecule has 0 saturated heterocycles. The highest BCUT2D eigenvalue weighted by atomic mass is 16.4. The van der Waals surface area contributed by atoms with Crippen LogP contribution in [0.2, 0.25) is 0 Å². The van der Waals surface area contributed by atoms with E-state index in [-0.39, 0.29) is 18.4 Å². The molecular weight excluding hydrogens is 168 g/mol. The van der Waals surface area contributed by atoms with E-state index in [1.807, 2.05) is 12.2 Å². The maximum atomic E-state index is 10.7. The molecule has 3 nitrogen and oxygen atoms in total. The molecule has 0 bridgehead atoms. The molecule has 0 aromatic rings. The van der Waals surface area contributed by atoms with E-state index in [0.717, 1.165) is 19.3 Å². The molecule has 13 heavy (non-hydrogen) atoms. The second kappa shape index (κ2) is 5.02. The molecule has 3 heteroatoms. The summed E-state index contributed by atoms with van der Waals surface area (Å²) in [4.78, 5) is 10.7. The third kappa shape index (κ3) is 3.19. The number of aliphatic hydroxyl groups is 1. The normalized spacial score (nSPS) is 29.3.